The number of amides is 1. The van der Waals surface area contributed by atoms with Gasteiger partial charge in [0, 0.05) is 53.8 Å². The van der Waals surface area contributed by atoms with E-state index in [4.69, 9.17) is 25.8 Å². The average molecular weight is 572 g/mol. The number of rotatable bonds is 6. The summed E-state index contributed by atoms with van der Waals surface area (Å²) in [6, 6.07) is 13.1. The molecule has 2 aromatic rings. The Bertz CT molecular complexity index is 1440. The molecule has 0 spiro atoms. The Morgan fingerprint density at radius 3 is 2.31 bits per heavy atom. The molecular formula is C29H34ClN3O5S. The number of hydrogen-bond acceptors (Lipinski definition) is 7. The van der Waals surface area contributed by atoms with Gasteiger partial charge in [0.1, 0.15) is 17.9 Å². The Morgan fingerprint density at radius 2 is 1.72 bits per heavy atom. The first-order chi connectivity index (χ1) is 18.2. The molecule has 1 saturated carbocycles. The number of nitrogens with zero attached hydrogens (tertiary/aromatic N) is 3. The van der Waals surface area contributed by atoms with E-state index in [0.717, 1.165) is 23.1 Å². The van der Waals surface area contributed by atoms with Gasteiger partial charge in [0.15, 0.2) is 0 Å². The van der Waals surface area contributed by atoms with Gasteiger partial charge >= 0.3 is 0 Å². The molecule has 5 rings (SSSR count). The van der Waals surface area contributed by atoms with Gasteiger partial charge in [-0.15, -0.1) is 0 Å². The number of halogens is 1. The number of carbonyl (C=O) groups is 1. The molecule has 1 saturated heterocycles. The third-order valence-electron chi connectivity index (χ3n) is 8.43. The summed E-state index contributed by atoms with van der Waals surface area (Å²) >= 11 is 6.23. The van der Waals surface area contributed by atoms with Crippen molar-refractivity contribution in [1.29, 1.82) is 5.26 Å². The van der Waals surface area contributed by atoms with E-state index in [1.54, 1.807) is 18.2 Å². The standard InChI is InChI=1S/C29H34ClN3O5S/c1-28(2)26(29(3,4)27(28)37-22-8-6-18(16-31)24(30)15-22)33-17-19-14-20(7-9-23(19)25(33)34)32-12-10-21(11-13-32)38-39(5,35)36/h6-9,14-15,21,26-27H,10-13,17H2,1-5H3. The van der Waals surface area contributed by atoms with Crippen LogP contribution in [0.2, 0.25) is 5.02 Å². The van der Waals surface area contributed by atoms with Crippen molar-refractivity contribution in [1.82, 2.24) is 4.90 Å². The molecule has 0 atom stereocenters. The first-order valence-electron chi connectivity index (χ1n) is 13.2. The minimum atomic E-state index is -3.47. The number of ether oxygens (including phenoxy) is 1. The molecule has 1 aliphatic carbocycles. The van der Waals surface area contributed by atoms with Crippen LogP contribution in [0, 0.1) is 22.2 Å². The zero-order valence-corrected chi connectivity index (χ0v) is 24.5. The summed E-state index contributed by atoms with van der Waals surface area (Å²) in [5.74, 6) is 0.637. The highest BCUT2D eigenvalue weighted by atomic mass is 35.5. The van der Waals surface area contributed by atoms with Gasteiger partial charge in [-0.2, -0.15) is 13.7 Å². The van der Waals surface area contributed by atoms with Crippen molar-refractivity contribution < 1.29 is 22.1 Å². The van der Waals surface area contributed by atoms with Crippen LogP contribution in [0.5, 0.6) is 5.75 Å². The van der Waals surface area contributed by atoms with E-state index in [1.807, 2.05) is 17.0 Å². The summed E-state index contributed by atoms with van der Waals surface area (Å²) in [5, 5.41) is 9.52. The van der Waals surface area contributed by atoms with Gasteiger partial charge in [-0.25, -0.2) is 0 Å². The summed E-state index contributed by atoms with van der Waals surface area (Å²) in [6.45, 7) is 10.4. The first-order valence-corrected chi connectivity index (χ1v) is 15.3. The fourth-order valence-electron chi connectivity index (χ4n) is 7.20. The zero-order chi connectivity index (χ0) is 28.3. The maximum atomic E-state index is 13.6. The topological polar surface area (TPSA) is 99.9 Å². The highest BCUT2D eigenvalue weighted by Crippen LogP contribution is 2.59. The molecule has 1 amide bonds. The zero-order valence-electron chi connectivity index (χ0n) is 22.9. The summed E-state index contributed by atoms with van der Waals surface area (Å²) in [4.78, 5) is 17.8. The Hall–Kier alpha value is -2.80. The molecule has 2 fully saturated rings. The second kappa shape index (κ2) is 9.69. The second-order valence-electron chi connectivity index (χ2n) is 12.1. The number of anilines is 1. The van der Waals surface area contributed by atoms with Crippen LogP contribution in [0.4, 0.5) is 5.69 Å². The molecule has 2 heterocycles. The van der Waals surface area contributed by atoms with Gasteiger partial charge in [-0.3, -0.25) is 8.98 Å². The molecule has 2 aromatic carbocycles. The van der Waals surface area contributed by atoms with Crippen LogP contribution in [-0.2, 0) is 20.8 Å². The first kappa shape index (κ1) is 27.8. The average Bonchev–Trinajstić information content (AvgIpc) is 3.16. The van der Waals surface area contributed by atoms with E-state index in [2.05, 4.69) is 44.7 Å². The lowest BCUT2D eigenvalue weighted by Gasteiger charge is -2.65. The normalized spacial score (nSPS) is 24.2. The Balaban J connectivity index is 1.30. The van der Waals surface area contributed by atoms with Gasteiger partial charge in [0.25, 0.3) is 16.0 Å². The Labute approximate surface area is 235 Å². The maximum Gasteiger partial charge on any atom is 0.264 e. The molecule has 2 aliphatic heterocycles. The number of fused-ring (bicyclic) bond motifs is 1. The molecule has 8 nitrogen and oxygen atoms in total. The minimum absolute atomic E-state index is 0.0304. The number of hydrogen-bond donors (Lipinski definition) is 0. The fourth-order valence-corrected chi connectivity index (χ4v) is 8.10. The van der Waals surface area contributed by atoms with Crippen LogP contribution >= 0.6 is 11.6 Å². The number of nitriles is 1. The van der Waals surface area contributed by atoms with Gasteiger partial charge < -0.3 is 14.5 Å². The molecule has 0 aromatic heterocycles. The van der Waals surface area contributed by atoms with Crippen molar-refractivity contribution in [3.05, 3.63) is 58.1 Å². The predicted octanol–water partition coefficient (Wildman–Crippen LogP) is 4.99. The third kappa shape index (κ3) is 4.99. The minimum Gasteiger partial charge on any atom is -0.489 e. The molecule has 0 unspecified atom stereocenters. The van der Waals surface area contributed by atoms with E-state index in [1.165, 1.54) is 0 Å². The van der Waals surface area contributed by atoms with Gasteiger partial charge in [-0.05, 0) is 48.7 Å². The SMILES string of the molecule is CC1(C)C(Oc2ccc(C#N)c(Cl)c2)C(C)(C)C1N1Cc2cc(N3CCC(OS(C)(=O)=O)CC3)ccc2C1=O. The van der Waals surface area contributed by atoms with Crippen molar-refractivity contribution in [2.24, 2.45) is 10.8 Å². The summed E-state index contributed by atoms with van der Waals surface area (Å²) in [6.07, 6.45) is 1.89. The van der Waals surface area contributed by atoms with Crippen LogP contribution in [0.15, 0.2) is 36.4 Å². The third-order valence-corrected chi connectivity index (χ3v) is 9.36. The molecule has 0 N–H and O–H groups in total. The summed E-state index contributed by atoms with van der Waals surface area (Å²) < 4.78 is 34.5. The molecule has 10 heteroatoms. The largest absolute Gasteiger partial charge is 0.489 e. The van der Waals surface area contributed by atoms with Crippen LogP contribution in [-0.4, -0.2) is 56.8 Å². The Kier molecular flexibility index (Phi) is 6.89. The summed E-state index contributed by atoms with van der Waals surface area (Å²) in [5.41, 5.74) is 2.51. The van der Waals surface area contributed by atoms with Crippen LogP contribution in [0.25, 0.3) is 0 Å². The quantitative estimate of drug-likeness (QED) is 0.450. The molecule has 3 aliphatic rings. The smallest absolute Gasteiger partial charge is 0.264 e. The highest BCUT2D eigenvalue weighted by molar-refractivity contribution is 7.86. The van der Waals surface area contributed by atoms with Crippen molar-refractivity contribution in [2.75, 3.05) is 24.2 Å². The fraction of sp³-hybridized carbons (Fsp3) is 0.517. The molecule has 39 heavy (non-hydrogen) atoms. The van der Waals surface area contributed by atoms with Crippen molar-refractivity contribution in [3.63, 3.8) is 0 Å². The van der Waals surface area contributed by atoms with E-state index >= 15 is 0 Å². The monoisotopic (exact) mass is 571 g/mol. The molecule has 0 bridgehead atoms. The van der Waals surface area contributed by atoms with Crippen molar-refractivity contribution in [2.45, 2.75) is 65.3 Å². The Morgan fingerprint density at radius 1 is 1.05 bits per heavy atom. The van der Waals surface area contributed by atoms with E-state index in [0.29, 0.717) is 48.8 Å². The molecular weight excluding hydrogens is 538 g/mol. The molecule has 0 radical (unpaired) electrons. The number of piperidine rings is 1. The maximum absolute atomic E-state index is 13.6. The van der Waals surface area contributed by atoms with E-state index < -0.39 is 10.1 Å². The number of carbonyl (C=O) groups excluding carboxylic acids is 1. The molecule has 208 valence electrons. The van der Waals surface area contributed by atoms with Crippen LogP contribution in [0.3, 0.4) is 0 Å². The second-order valence-corrected chi connectivity index (χ2v) is 14.1. The van der Waals surface area contributed by atoms with Crippen molar-refractivity contribution in [3.8, 4) is 11.8 Å². The van der Waals surface area contributed by atoms with Gasteiger partial charge in [0.2, 0.25) is 0 Å². The lowest BCUT2D eigenvalue weighted by Crippen LogP contribution is -2.74. The van der Waals surface area contributed by atoms with Crippen LogP contribution < -0.4 is 9.64 Å². The van der Waals surface area contributed by atoms with E-state index in [9.17, 15) is 13.2 Å². The lowest BCUT2D eigenvalue weighted by atomic mass is 9.49. The highest BCUT2D eigenvalue weighted by Gasteiger charge is 2.67. The van der Waals surface area contributed by atoms with Crippen LogP contribution in [0.1, 0.15) is 62.0 Å². The number of benzene rings is 2. The predicted molar refractivity (Wildman–Crippen MR) is 149 cm³/mol. The van der Waals surface area contributed by atoms with Crippen molar-refractivity contribution >= 4 is 33.3 Å². The lowest BCUT2D eigenvalue weighted by molar-refractivity contribution is -0.199. The summed E-state index contributed by atoms with van der Waals surface area (Å²) in [7, 11) is -3.47. The van der Waals surface area contributed by atoms with Gasteiger partial charge in [0.05, 0.1) is 22.9 Å². The van der Waals surface area contributed by atoms with E-state index in [-0.39, 0.29) is 35.0 Å². The van der Waals surface area contributed by atoms with Gasteiger partial charge in [-0.1, -0.05) is 39.3 Å².